The lowest BCUT2D eigenvalue weighted by molar-refractivity contribution is 0.314. The molecule has 0 radical (unpaired) electrons. The number of hydrogen-bond acceptors (Lipinski definition) is 4. The Balaban J connectivity index is 1.62. The maximum absolute atomic E-state index is 6.01. The van der Waals surface area contributed by atoms with Gasteiger partial charge in [0, 0.05) is 12.8 Å². The Kier molecular flexibility index (Phi) is 4.78. The highest BCUT2D eigenvalue weighted by molar-refractivity contribution is 6.42. The molecule has 1 unspecified atom stereocenters. The molecular formula is C15H17Cl2N3O. The molecule has 1 fully saturated rings. The molecular weight excluding hydrogens is 309 g/mol. The molecule has 1 aliphatic heterocycles. The van der Waals surface area contributed by atoms with Gasteiger partial charge in [0.05, 0.1) is 10.0 Å². The van der Waals surface area contributed by atoms with Gasteiger partial charge in [0.25, 0.3) is 0 Å². The van der Waals surface area contributed by atoms with Crippen molar-refractivity contribution in [3.63, 3.8) is 0 Å². The van der Waals surface area contributed by atoms with Crippen LogP contribution in [0.1, 0.15) is 30.1 Å². The summed E-state index contributed by atoms with van der Waals surface area (Å²) in [5, 5.41) is 8.54. The second-order valence-electron chi connectivity index (χ2n) is 5.45. The fourth-order valence-corrected chi connectivity index (χ4v) is 2.94. The van der Waals surface area contributed by atoms with Crippen LogP contribution in [0, 0.1) is 5.92 Å². The van der Waals surface area contributed by atoms with Crippen molar-refractivity contribution in [2.45, 2.75) is 25.7 Å². The number of hydrogen-bond donors (Lipinski definition) is 1. The Hall–Kier alpha value is -1.10. The first-order valence-electron chi connectivity index (χ1n) is 7.17. The van der Waals surface area contributed by atoms with E-state index in [4.69, 9.17) is 27.7 Å². The summed E-state index contributed by atoms with van der Waals surface area (Å²) in [7, 11) is 0. The van der Waals surface area contributed by atoms with Crippen molar-refractivity contribution < 1.29 is 4.52 Å². The van der Waals surface area contributed by atoms with Crippen LogP contribution in [0.2, 0.25) is 10.0 Å². The van der Waals surface area contributed by atoms with Gasteiger partial charge < -0.3 is 9.84 Å². The number of piperidine rings is 1. The summed E-state index contributed by atoms with van der Waals surface area (Å²) in [5.74, 6) is 2.00. The Morgan fingerprint density at radius 1 is 1.29 bits per heavy atom. The first kappa shape index (κ1) is 14.8. The lowest BCUT2D eigenvalue weighted by Gasteiger charge is -2.20. The van der Waals surface area contributed by atoms with Crippen LogP contribution >= 0.6 is 23.2 Å². The minimum Gasteiger partial charge on any atom is -0.339 e. The number of aromatic nitrogens is 2. The van der Waals surface area contributed by atoms with Crippen LogP contribution in [-0.2, 0) is 12.8 Å². The van der Waals surface area contributed by atoms with E-state index < -0.39 is 0 Å². The molecule has 21 heavy (non-hydrogen) atoms. The molecule has 1 aromatic carbocycles. The molecule has 0 spiro atoms. The summed E-state index contributed by atoms with van der Waals surface area (Å²) in [6, 6.07) is 5.55. The number of nitrogens with one attached hydrogen (secondary N) is 1. The monoisotopic (exact) mass is 325 g/mol. The maximum Gasteiger partial charge on any atom is 0.226 e. The molecule has 1 saturated heterocycles. The average Bonchev–Trinajstić information content (AvgIpc) is 2.91. The van der Waals surface area contributed by atoms with Crippen molar-refractivity contribution in [2.24, 2.45) is 5.92 Å². The Morgan fingerprint density at radius 2 is 2.19 bits per heavy atom. The van der Waals surface area contributed by atoms with Gasteiger partial charge in [0.1, 0.15) is 0 Å². The smallest absolute Gasteiger partial charge is 0.226 e. The van der Waals surface area contributed by atoms with Crippen LogP contribution in [0.15, 0.2) is 22.7 Å². The number of rotatable bonds is 4. The normalized spacial score (nSPS) is 18.9. The molecule has 3 rings (SSSR count). The van der Waals surface area contributed by atoms with Crippen molar-refractivity contribution in [1.82, 2.24) is 15.5 Å². The van der Waals surface area contributed by atoms with Gasteiger partial charge in [-0.3, -0.25) is 0 Å². The van der Waals surface area contributed by atoms with Crippen LogP contribution in [0.4, 0.5) is 0 Å². The summed E-state index contributed by atoms with van der Waals surface area (Å²) in [6.07, 6.45) is 3.89. The van der Waals surface area contributed by atoms with Crippen LogP contribution in [0.25, 0.3) is 0 Å². The molecule has 4 nitrogen and oxygen atoms in total. The molecule has 2 aromatic rings. The van der Waals surface area contributed by atoms with Crippen LogP contribution in [-0.4, -0.2) is 23.2 Å². The van der Waals surface area contributed by atoms with Gasteiger partial charge in [-0.25, -0.2) is 0 Å². The van der Waals surface area contributed by atoms with E-state index in [0.29, 0.717) is 28.2 Å². The summed E-state index contributed by atoms with van der Waals surface area (Å²) in [6.45, 7) is 2.15. The van der Waals surface area contributed by atoms with Crippen molar-refractivity contribution in [3.8, 4) is 0 Å². The second kappa shape index (κ2) is 6.77. The van der Waals surface area contributed by atoms with Crippen molar-refractivity contribution in [1.29, 1.82) is 0 Å². The van der Waals surface area contributed by atoms with Gasteiger partial charge >= 0.3 is 0 Å². The second-order valence-corrected chi connectivity index (χ2v) is 6.26. The molecule has 0 aliphatic carbocycles. The molecule has 0 saturated carbocycles. The number of benzene rings is 1. The molecule has 0 bridgehead atoms. The largest absolute Gasteiger partial charge is 0.339 e. The highest BCUT2D eigenvalue weighted by atomic mass is 35.5. The van der Waals surface area contributed by atoms with Crippen LogP contribution in [0.5, 0.6) is 0 Å². The third kappa shape index (κ3) is 3.96. The molecule has 1 N–H and O–H groups in total. The van der Waals surface area contributed by atoms with Crippen LogP contribution in [0.3, 0.4) is 0 Å². The first-order valence-corrected chi connectivity index (χ1v) is 7.92. The van der Waals surface area contributed by atoms with E-state index in [9.17, 15) is 0 Å². The molecule has 1 atom stereocenters. The number of halogens is 2. The van der Waals surface area contributed by atoms with Gasteiger partial charge in [0.2, 0.25) is 5.89 Å². The molecule has 1 aromatic heterocycles. The van der Waals surface area contributed by atoms with E-state index >= 15 is 0 Å². The average molecular weight is 326 g/mol. The fraction of sp³-hybridized carbons (Fsp3) is 0.467. The molecule has 1 aliphatic rings. The van der Waals surface area contributed by atoms with Crippen molar-refractivity contribution in [3.05, 3.63) is 45.5 Å². The van der Waals surface area contributed by atoms with Gasteiger partial charge in [0.15, 0.2) is 5.82 Å². The summed E-state index contributed by atoms with van der Waals surface area (Å²) in [4.78, 5) is 4.47. The van der Waals surface area contributed by atoms with Gasteiger partial charge in [-0.15, -0.1) is 0 Å². The van der Waals surface area contributed by atoms with Gasteiger partial charge in [-0.05, 0) is 49.5 Å². The summed E-state index contributed by atoms with van der Waals surface area (Å²) in [5.41, 5.74) is 1.02. The minimum atomic E-state index is 0.547. The van der Waals surface area contributed by atoms with Crippen molar-refractivity contribution in [2.75, 3.05) is 13.1 Å². The first-order chi connectivity index (χ1) is 10.2. The molecule has 0 amide bonds. The predicted octanol–water partition coefficient (Wildman–Crippen LogP) is 3.51. The molecule has 2 heterocycles. The van der Waals surface area contributed by atoms with Crippen LogP contribution < -0.4 is 5.32 Å². The minimum absolute atomic E-state index is 0.547. The molecule has 6 heteroatoms. The van der Waals surface area contributed by atoms with E-state index in [0.717, 1.165) is 31.0 Å². The Bertz CT molecular complexity index is 609. The van der Waals surface area contributed by atoms with E-state index in [1.165, 1.54) is 12.8 Å². The van der Waals surface area contributed by atoms with Gasteiger partial charge in [-0.1, -0.05) is 34.4 Å². The predicted molar refractivity (Wildman–Crippen MR) is 82.9 cm³/mol. The third-order valence-corrected chi connectivity index (χ3v) is 4.46. The topological polar surface area (TPSA) is 51.0 Å². The quantitative estimate of drug-likeness (QED) is 0.934. The summed E-state index contributed by atoms with van der Waals surface area (Å²) >= 11 is 11.9. The zero-order valence-corrected chi connectivity index (χ0v) is 13.1. The van der Waals surface area contributed by atoms with Gasteiger partial charge in [-0.2, -0.15) is 4.98 Å². The zero-order valence-electron chi connectivity index (χ0n) is 11.6. The number of nitrogens with zero attached hydrogens (tertiary/aromatic N) is 2. The summed E-state index contributed by atoms with van der Waals surface area (Å²) < 4.78 is 5.35. The maximum atomic E-state index is 6.01. The van der Waals surface area contributed by atoms with E-state index in [2.05, 4.69) is 15.5 Å². The zero-order chi connectivity index (χ0) is 14.7. The SMILES string of the molecule is Clc1ccc(Cc2noc(CC3CCCNC3)n2)cc1Cl. The highest BCUT2D eigenvalue weighted by Crippen LogP contribution is 2.23. The standard InChI is InChI=1S/C15H17Cl2N3O/c16-12-4-3-10(6-13(12)17)7-14-19-15(21-20-14)8-11-2-1-5-18-9-11/h3-4,6,11,18H,1-2,5,7-9H2. The van der Waals surface area contributed by atoms with Crippen molar-refractivity contribution >= 4 is 23.2 Å². The Morgan fingerprint density at radius 3 is 2.95 bits per heavy atom. The fourth-order valence-electron chi connectivity index (χ4n) is 2.62. The third-order valence-electron chi connectivity index (χ3n) is 3.72. The lowest BCUT2D eigenvalue weighted by Crippen LogP contribution is -2.30. The van der Waals surface area contributed by atoms with E-state index in [-0.39, 0.29) is 0 Å². The van der Waals surface area contributed by atoms with E-state index in [1.807, 2.05) is 12.1 Å². The molecule has 112 valence electrons. The lowest BCUT2D eigenvalue weighted by atomic mass is 9.96. The highest BCUT2D eigenvalue weighted by Gasteiger charge is 2.17. The van der Waals surface area contributed by atoms with E-state index in [1.54, 1.807) is 6.07 Å². The Labute approximate surface area is 133 Å².